The van der Waals surface area contributed by atoms with Crippen molar-refractivity contribution in [2.45, 2.75) is 18.6 Å². The van der Waals surface area contributed by atoms with Crippen LogP contribution in [-0.2, 0) is 11.3 Å². The van der Waals surface area contributed by atoms with Gasteiger partial charge in [0.25, 0.3) is 5.56 Å². The van der Waals surface area contributed by atoms with Gasteiger partial charge in [0, 0.05) is 12.9 Å². The summed E-state index contributed by atoms with van der Waals surface area (Å²) < 4.78 is 6.69. The fraction of sp³-hybridized carbons (Fsp3) is 0.400. The number of benzene rings is 1. The first-order valence-electron chi connectivity index (χ1n) is 6.68. The molecule has 2 aromatic rings. The number of hydrogen-bond donors (Lipinski definition) is 0. The van der Waals surface area contributed by atoms with Crippen molar-refractivity contribution in [2.75, 3.05) is 19.5 Å². The number of para-hydroxylation sites is 1. The predicted octanol–water partition coefficient (Wildman–Crippen LogP) is 2.29. The van der Waals surface area contributed by atoms with Crippen LogP contribution < -0.4 is 5.56 Å². The highest BCUT2D eigenvalue weighted by molar-refractivity contribution is 7.99. The topological polar surface area (TPSA) is 67.9 Å². The zero-order valence-electron chi connectivity index (χ0n) is 12.1. The summed E-state index contributed by atoms with van der Waals surface area (Å²) in [5.74, 6) is 0.517. The lowest BCUT2D eigenvalue weighted by atomic mass is 10.2. The van der Waals surface area contributed by atoms with Crippen LogP contribution in [0.25, 0.3) is 10.9 Å². The molecule has 0 aliphatic heterocycles. The molecule has 0 N–H and O–H groups in total. The van der Waals surface area contributed by atoms with E-state index in [1.54, 1.807) is 17.7 Å². The first-order valence-corrected chi connectivity index (χ1v) is 7.67. The largest absolute Gasteiger partial charge is 0.383 e. The Morgan fingerprint density at radius 3 is 2.95 bits per heavy atom. The Morgan fingerprint density at radius 2 is 2.24 bits per heavy atom. The second-order valence-corrected chi connectivity index (χ2v) is 5.69. The molecule has 0 unspecified atom stereocenters. The van der Waals surface area contributed by atoms with E-state index < -0.39 is 0 Å². The van der Waals surface area contributed by atoms with E-state index in [1.807, 2.05) is 25.1 Å². The molecule has 1 heterocycles. The number of ether oxygens (including phenoxy) is 1. The van der Waals surface area contributed by atoms with E-state index in [0.717, 1.165) is 0 Å². The van der Waals surface area contributed by atoms with Crippen LogP contribution in [0.2, 0.25) is 0 Å². The standard InChI is InChI=1S/C15H17N3O2S/c1-11(9-16)10-21-15-17-13-6-4-3-5-12(13)14(19)18(15)7-8-20-2/h3-6,11H,7-8,10H2,1-2H3/t11-/m0/s1. The maximum absolute atomic E-state index is 12.6. The van der Waals surface area contributed by atoms with E-state index in [0.29, 0.717) is 35.0 Å². The van der Waals surface area contributed by atoms with Crippen LogP contribution in [0.1, 0.15) is 6.92 Å². The fourth-order valence-electron chi connectivity index (χ4n) is 1.87. The molecule has 1 aromatic carbocycles. The molecule has 0 amide bonds. The number of hydrogen-bond acceptors (Lipinski definition) is 5. The number of fused-ring (bicyclic) bond motifs is 1. The molecule has 1 atom stereocenters. The van der Waals surface area contributed by atoms with Gasteiger partial charge in [0.1, 0.15) is 0 Å². The predicted molar refractivity (Wildman–Crippen MR) is 83.4 cm³/mol. The molecular formula is C15H17N3O2S. The second-order valence-electron chi connectivity index (χ2n) is 4.70. The average Bonchev–Trinajstić information content (AvgIpc) is 2.52. The lowest BCUT2D eigenvalue weighted by Gasteiger charge is -2.13. The molecule has 21 heavy (non-hydrogen) atoms. The molecule has 2 rings (SSSR count). The molecular weight excluding hydrogens is 286 g/mol. The van der Waals surface area contributed by atoms with E-state index in [4.69, 9.17) is 10.00 Å². The molecule has 110 valence electrons. The maximum Gasteiger partial charge on any atom is 0.262 e. The van der Waals surface area contributed by atoms with Crippen molar-refractivity contribution in [3.05, 3.63) is 34.6 Å². The van der Waals surface area contributed by atoms with Crippen LogP contribution in [0.15, 0.2) is 34.2 Å². The third-order valence-corrected chi connectivity index (χ3v) is 4.26. The van der Waals surface area contributed by atoms with Crippen molar-refractivity contribution in [3.8, 4) is 6.07 Å². The van der Waals surface area contributed by atoms with Crippen molar-refractivity contribution in [2.24, 2.45) is 5.92 Å². The van der Waals surface area contributed by atoms with Crippen LogP contribution in [0.4, 0.5) is 0 Å². The van der Waals surface area contributed by atoms with Crippen LogP contribution in [0, 0.1) is 17.2 Å². The minimum Gasteiger partial charge on any atom is -0.383 e. The molecule has 0 saturated heterocycles. The van der Waals surface area contributed by atoms with Crippen LogP contribution in [-0.4, -0.2) is 29.0 Å². The normalized spacial score (nSPS) is 12.2. The van der Waals surface area contributed by atoms with Gasteiger partial charge in [-0.15, -0.1) is 0 Å². The molecule has 0 aliphatic carbocycles. The first-order chi connectivity index (χ1) is 10.2. The third kappa shape index (κ3) is 3.63. The van der Waals surface area contributed by atoms with E-state index in [2.05, 4.69) is 11.1 Å². The average molecular weight is 303 g/mol. The molecule has 5 nitrogen and oxygen atoms in total. The summed E-state index contributed by atoms with van der Waals surface area (Å²) in [4.78, 5) is 17.1. The van der Waals surface area contributed by atoms with E-state index in [9.17, 15) is 4.79 Å². The zero-order chi connectivity index (χ0) is 15.2. The van der Waals surface area contributed by atoms with Gasteiger partial charge in [0.2, 0.25) is 0 Å². The number of thioether (sulfide) groups is 1. The Bertz CT molecular complexity index is 721. The lowest BCUT2D eigenvalue weighted by molar-refractivity contribution is 0.183. The van der Waals surface area contributed by atoms with Gasteiger partial charge in [-0.25, -0.2) is 4.98 Å². The molecule has 0 spiro atoms. The quantitative estimate of drug-likeness (QED) is 0.605. The molecule has 6 heteroatoms. The number of aromatic nitrogens is 2. The smallest absolute Gasteiger partial charge is 0.262 e. The molecule has 0 bridgehead atoms. The minimum absolute atomic E-state index is 0.0650. The first kappa shape index (κ1) is 15.5. The summed E-state index contributed by atoms with van der Waals surface area (Å²) in [5.41, 5.74) is 0.619. The Hall–Kier alpha value is -1.84. The van der Waals surface area contributed by atoms with Gasteiger partial charge in [-0.05, 0) is 19.1 Å². The molecule has 0 radical (unpaired) electrons. The molecule has 0 aliphatic rings. The van der Waals surface area contributed by atoms with Crippen molar-refractivity contribution in [1.29, 1.82) is 5.26 Å². The van der Waals surface area contributed by atoms with Crippen LogP contribution in [0.3, 0.4) is 0 Å². The summed E-state index contributed by atoms with van der Waals surface area (Å²) in [6.45, 7) is 2.75. The van der Waals surface area contributed by atoms with Gasteiger partial charge in [0.05, 0.1) is 36.0 Å². The summed E-state index contributed by atoms with van der Waals surface area (Å²) in [6, 6.07) is 9.49. The highest BCUT2D eigenvalue weighted by Gasteiger charge is 2.12. The molecule has 0 saturated carbocycles. The van der Waals surface area contributed by atoms with Gasteiger partial charge < -0.3 is 4.74 Å². The second kappa shape index (κ2) is 7.25. The van der Waals surface area contributed by atoms with Gasteiger partial charge in [0.15, 0.2) is 5.16 Å². The van der Waals surface area contributed by atoms with E-state index in [1.165, 1.54) is 11.8 Å². The summed E-state index contributed by atoms with van der Waals surface area (Å²) in [5, 5.41) is 10.1. The lowest BCUT2D eigenvalue weighted by Crippen LogP contribution is -2.25. The number of methoxy groups -OCH3 is 1. The van der Waals surface area contributed by atoms with Gasteiger partial charge in [-0.1, -0.05) is 23.9 Å². The maximum atomic E-state index is 12.6. The summed E-state index contributed by atoms with van der Waals surface area (Å²) >= 11 is 1.43. The highest BCUT2D eigenvalue weighted by atomic mass is 32.2. The van der Waals surface area contributed by atoms with Crippen molar-refractivity contribution < 1.29 is 4.74 Å². The molecule has 0 fully saturated rings. The number of rotatable bonds is 6. The molecule has 1 aromatic heterocycles. The van der Waals surface area contributed by atoms with Crippen molar-refractivity contribution in [1.82, 2.24) is 9.55 Å². The van der Waals surface area contributed by atoms with Gasteiger partial charge in [-0.3, -0.25) is 9.36 Å². The Morgan fingerprint density at radius 1 is 1.48 bits per heavy atom. The number of nitriles is 1. The van der Waals surface area contributed by atoms with Crippen LogP contribution in [0.5, 0.6) is 0 Å². The number of nitrogens with zero attached hydrogens (tertiary/aromatic N) is 3. The van der Waals surface area contributed by atoms with Crippen molar-refractivity contribution in [3.63, 3.8) is 0 Å². The monoisotopic (exact) mass is 303 g/mol. The van der Waals surface area contributed by atoms with E-state index in [-0.39, 0.29) is 11.5 Å². The zero-order valence-corrected chi connectivity index (χ0v) is 12.9. The Labute approximate surface area is 127 Å². The highest BCUT2D eigenvalue weighted by Crippen LogP contribution is 2.20. The summed E-state index contributed by atoms with van der Waals surface area (Å²) in [7, 11) is 1.60. The third-order valence-electron chi connectivity index (χ3n) is 3.03. The Kier molecular flexibility index (Phi) is 5.37. The SMILES string of the molecule is COCCn1c(SC[C@@H](C)C#N)nc2ccccc2c1=O. The Balaban J connectivity index is 2.45. The fourth-order valence-corrected chi connectivity index (χ4v) is 2.84. The summed E-state index contributed by atoms with van der Waals surface area (Å²) in [6.07, 6.45) is 0. The minimum atomic E-state index is -0.0887. The van der Waals surface area contributed by atoms with Crippen LogP contribution >= 0.6 is 11.8 Å². The van der Waals surface area contributed by atoms with Crippen molar-refractivity contribution >= 4 is 22.7 Å². The van der Waals surface area contributed by atoms with Gasteiger partial charge >= 0.3 is 0 Å². The van der Waals surface area contributed by atoms with Gasteiger partial charge in [-0.2, -0.15) is 5.26 Å². The van der Waals surface area contributed by atoms with E-state index >= 15 is 0 Å².